The first-order valence-corrected chi connectivity index (χ1v) is 4.13. The summed E-state index contributed by atoms with van der Waals surface area (Å²) >= 11 is 0. The van der Waals surface area contributed by atoms with Gasteiger partial charge in [-0.15, -0.1) is 0 Å². The molecular weight excluding hydrogens is 228 g/mol. The Labute approximate surface area is 90.1 Å². The molecule has 8 heteroatoms. The summed E-state index contributed by atoms with van der Waals surface area (Å²) in [4.78, 5) is 32.9. The van der Waals surface area contributed by atoms with Gasteiger partial charge in [0.05, 0.1) is 14.2 Å². The van der Waals surface area contributed by atoms with Gasteiger partial charge in [0.1, 0.15) is 13.1 Å². The van der Waals surface area contributed by atoms with Gasteiger partial charge in [-0.25, -0.2) is 0 Å². The van der Waals surface area contributed by atoms with Crippen molar-refractivity contribution in [3.63, 3.8) is 0 Å². The molecule has 0 aliphatic rings. The van der Waals surface area contributed by atoms with Crippen molar-refractivity contribution in [3.05, 3.63) is 0 Å². The molecule has 0 unspecified atom stereocenters. The Morgan fingerprint density at radius 3 is 1.69 bits per heavy atom. The van der Waals surface area contributed by atoms with Crippen LogP contribution in [-0.4, -0.2) is 56.5 Å². The third-order valence-corrected chi connectivity index (χ3v) is 1.59. The van der Waals surface area contributed by atoms with E-state index in [2.05, 4.69) is 9.47 Å². The molecular formula is C8H11F2NO5. The fraction of sp³-hybridized carbons (Fsp3) is 0.625. The van der Waals surface area contributed by atoms with Crippen LogP contribution >= 0.6 is 0 Å². The van der Waals surface area contributed by atoms with Gasteiger partial charge in [-0.05, 0) is 0 Å². The minimum Gasteiger partial charge on any atom is -0.468 e. The molecule has 0 aromatic carbocycles. The van der Waals surface area contributed by atoms with Crippen molar-refractivity contribution in [2.45, 2.75) is 6.43 Å². The number of nitrogens with zero attached hydrogens (tertiary/aromatic N) is 1. The molecule has 0 fully saturated rings. The highest BCUT2D eigenvalue weighted by Crippen LogP contribution is 2.01. The van der Waals surface area contributed by atoms with E-state index in [1.165, 1.54) is 0 Å². The number of methoxy groups -OCH3 is 2. The fourth-order valence-electron chi connectivity index (χ4n) is 0.791. The van der Waals surface area contributed by atoms with Crippen molar-refractivity contribution in [1.29, 1.82) is 0 Å². The lowest BCUT2D eigenvalue weighted by Gasteiger charge is -2.19. The Bertz CT molecular complexity index is 264. The van der Waals surface area contributed by atoms with E-state index in [1.807, 2.05) is 0 Å². The average Bonchev–Trinajstić information content (AvgIpc) is 2.26. The van der Waals surface area contributed by atoms with Crippen molar-refractivity contribution < 1.29 is 32.6 Å². The SMILES string of the molecule is COC(=O)CN(CC(=O)OC)C(=O)C(F)F. The molecule has 6 nitrogen and oxygen atoms in total. The molecule has 0 bridgehead atoms. The highest BCUT2D eigenvalue weighted by Gasteiger charge is 2.27. The summed E-state index contributed by atoms with van der Waals surface area (Å²) < 4.78 is 32.6. The first kappa shape index (κ1) is 14.3. The van der Waals surface area contributed by atoms with E-state index in [0.717, 1.165) is 14.2 Å². The van der Waals surface area contributed by atoms with E-state index in [1.54, 1.807) is 0 Å². The third kappa shape index (κ3) is 4.67. The highest BCUT2D eigenvalue weighted by molar-refractivity contribution is 5.87. The fourth-order valence-corrected chi connectivity index (χ4v) is 0.791. The summed E-state index contributed by atoms with van der Waals surface area (Å²) in [5.41, 5.74) is 0. The quantitative estimate of drug-likeness (QED) is 0.600. The van der Waals surface area contributed by atoms with Crippen LogP contribution in [0.3, 0.4) is 0 Å². The Hall–Kier alpha value is -1.73. The molecule has 0 radical (unpaired) electrons. The van der Waals surface area contributed by atoms with Gasteiger partial charge in [-0.3, -0.25) is 14.4 Å². The van der Waals surface area contributed by atoms with E-state index in [-0.39, 0.29) is 0 Å². The molecule has 0 aliphatic heterocycles. The molecule has 0 heterocycles. The second-order valence-electron chi connectivity index (χ2n) is 2.65. The minimum absolute atomic E-state index is 0.363. The van der Waals surface area contributed by atoms with Crippen molar-refractivity contribution in [1.82, 2.24) is 4.90 Å². The molecule has 0 saturated heterocycles. The maximum absolute atomic E-state index is 12.1. The van der Waals surface area contributed by atoms with Crippen LogP contribution in [0, 0.1) is 0 Å². The van der Waals surface area contributed by atoms with E-state index in [4.69, 9.17) is 0 Å². The lowest BCUT2D eigenvalue weighted by atomic mass is 10.4. The van der Waals surface area contributed by atoms with Crippen molar-refractivity contribution in [3.8, 4) is 0 Å². The van der Waals surface area contributed by atoms with E-state index < -0.39 is 37.4 Å². The lowest BCUT2D eigenvalue weighted by Crippen LogP contribution is -2.43. The summed E-state index contributed by atoms with van der Waals surface area (Å²) in [5, 5.41) is 0. The zero-order valence-electron chi connectivity index (χ0n) is 8.74. The molecule has 0 aromatic rings. The topological polar surface area (TPSA) is 72.9 Å². The zero-order chi connectivity index (χ0) is 12.7. The number of halogens is 2. The number of carbonyl (C=O) groups is 3. The summed E-state index contributed by atoms with van der Waals surface area (Å²) in [6.45, 7) is -1.45. The normalized spacial score (nSPS) is 9.81. The number of carbonyl (C=O) groups excluding carboxylic acids is 3. The standard InChI is InChI=1S/C8H11F2NO5/c1-15-5(12)3-11(4-6(13)16-2)8(14)7(9)10/h7H,3-4H2,1-2H3. The monoisotopic (exact) mass is 239 g/mol. The Kier molecular flexibility index (Phi) is 5.97. The summed E-state index contributed by atoms with van der Waals surface area (Å²) in [6, 6.07) is 0. The first-order chi connectivity index (χ1) is 7.42. The molecule has 0 aliphatic carbocycles. The summed E-state index contributed by atoms with van der Waals surface area (Å²) in [7, 11) is 2.07. The molecule has 0 N–H and O–H groups in total. The van der Waals surface area contributed by atoms with E-state index in [0.29, 0.717) is 4.90 Å². The molecule has 1 amide bonds. The third-order valence-electron chi connectivity index (χ3n) is 1.59. The number of hydrogen-bond donors (Lipinski definition) is 0. The highest BCUT2D eigenvalue weighted by atomic mass is 19.3. The Morgan fingerprint density at radius 1 is 1.06 bits per heavy atom. The number of amides is 1. The molecule has 0 aromatic heterocycles. The predicted molar refractivity (Wildman–Crippen MR) is 46.6 cm³/mol. The second-order valence-corrected chi connectivity index (χ2v) is 2.65. The van der Waals surface area contributed by atoms with Gasteiger partial charge in [0, 0.05) is 0 Å². The van der Waals surface area contributed by atoms with Crippen LogP contribution in [0.2, 0.25) is 0 Å². The predicted octanol–water partition coefficient (Wildman–Crippen LogP) is -0.574. The van der Waals surface area contributed by atoms with Crippen molar-refractivity contribution in [2.75, 3.05) is 27.3 Å². The van der Waals surface area contributed by atoms with Crippen LogP contribution < -0.4 is 0 Å². The summed E-state index contributed by atoms with van der Waals surface area (Å²) in [6.07, 6.45) is -3.30. The van der Waals surface area contributed by atoms with Gasteiger partial charge in [0.2, 0.25) is 0 Å². The van der Waals surface area contributed by atoms with E-state index in [9.17, 15) is 23.2 Å². The van der Waals surface area contributed by atoms with Crippen LogP contribution in [0.15, 0.2) is 0 Å². The Morgan fingerprint density at radius 2 is 1.44 bits per heavy atom. The number of rotatable bonds is 5. The number of hydrogen-bond acceptors (Lipinski definition) is 5. The van der Waals surface area contributed by atoms with E-state index >= 15 is 0 Å². The lowest BCUT2D eigenvalue weighted by molar-refractivity contribution is -0.156. The largest absolute Gasteiger partial charge is 0.468 e. The van der Waals surface area contributed by atoms with Gasteiger partial charge in [-0.2, -0.15) is 8.78 Å². The van der Waals surface area contributed by atoms with Crippen LogP contribution in [-0.2, 0) is 23.9 Å². The van der Waals surface area contributed by atoms with Crippen LogP contribution in [0.25, 0.3) is 0 Å². The molecule has 0 spiro atoms. The number of ether oxygens (including phenoxy) is 2. The van der Waals surface area contributed by atoms with Crippen LogP contribution in [0.5, 0.6) is 0 Å². The first-order valence-electron chi connectivity index (χ1n) is 4.13. The van der Waals surface area contributed by atoms with Gasteiger partial charge in [-0.1, -0.05) is 0 Å². The van der Waals surface area contributed by atoms with Crippen molar-refractivity contribution in [2.24, 2.45) is 0 Å². The maximum Gasteiger partial charge on any atom is 0.325 e. The van der Waals surface area contributed by atoms with Gasteiger partial charge in [0.15, 0.2) is 0 Å². The molecule has 0 rings (SSSR count). The molecule has 92 valence electrons. The number of alkyl halides is 2. The molecule has 0 atom stereocenters. The second kappa shape index (κ2) is 6.70. The molecule has 16 heavy (non-hydrogen) atoms. The van der Waals surface area contributed by atoms with Crippen molar-refractivity contribution >= 4 is 17.8 Å². The number of esters is 2. The van der Waals surface area contributed by atoms with Gasteiger partial charge >= 0.3 is 18.4 Å². The maximum atomic E-state index is 12.1. The average molecular weight is 239 g/mol. The zero-order valence-corrected chi connectivity index (χ0v) is 8.74. The molecule has 0 saturated carbocycles. The van der Waals surface area contributed by atoms with Gasteiger partial charge in [0.25, 0.3) is 5.91 Å². The Balaban J connectivity index is 4.56. The minimum atomic E-state index is -3.30. The smallest absolute Gasteiger partial charge is 0.325 e. The summed E-state index contributed by atoms with van der Waals surface area (Å²) in [5.74, 6) is -3.44. The van der Waals surface area contributed by atoms with Crippen LogP contribution in [0.1, 0.15) is 0 Å². The van der Waals surface area contributed by atoms with Gasteiger partial charge < -0.3 is 14.4 Å². The van der Waals surface area contributed by atoms with Crippen LogP contribution in [0.4, 0.5) is 8.78 Å².